The Morgan fingerprint density at radius 2 is 1.61 bits per heavy atom. The lowest BCUT2D eigenvalue weighted by atomic mass is 10.2. The SMILES string of the molecule is COc1ccc(CNC(=O)COc2ccc(S(=O)(=O)Nc3cccc(C)c3)cc2)cc1. The summed E-state index contributed by atoms with van der Waals surface area (Å²) >= 11 is 0. The van der Waals surface area contributed by atoms with E-state index in [1.165, 1.54) is 24.3 Å². The summed E-state index contributed by atoms with van der Waals surface area (Å²) in [4.78, 5) is 12.1. The fourth-order valence-electron chi connectivity index (χ4n) is 2.78. The molecule has 3 aromatic rings. The monoisotopic (exact) mass is 440 g/mol. The zero-order valence-electron chi connectivity index (χ0n) is 17.3. The molecular weight excluding hydrogens is 416 g/mol. The van der Waals surface area contributed by atoms with Crippen molar-refractivity contribution in [2.75, 3.05) is 18.4 Å². The number of aryl methyl sites for hydroxylation is 1. The molecule has 0 spiro atoms. The number of anilines is 1. The molecule has 7 nitrogen and oxygen atoms in total. The third-order valence-corrected chi connectivity index (χ3v) is 5.82. The van der Waals surface area contributed by atoms with Gasteiger partial charge in [-0.3, -0.25) is 9.52 Å². The highest BCUT2D eigenvalue weighted by atomic mass is 32.2. The van der Waals surface area contributed by atoms with Crippen LogP contribution in [0.15, 0.2) is 77.7 Å². The summed E-state index contributed by atoms with van der Waals surface area (Å²) in [5, 5.41) is 2.76. The highest BCUT2D eigenvalue weighted by Gasteiger charge is 2.14. The van der Waals surface area contributed by atoms with Crippen LogP contribution < -0.4 is 19.5 Å². The van der Waals surface area contributed by atoms with E-state index in [-0.39, 0.29) is 17.4 Å². The van der Waals surface area contributed by atoms with Gasteiger partial charge < -0.3 is 14.8 Å². The molecule has 0 heterocycles. The summed E-state index contributed by atoms with van der Waals surface area (Å²) in [6.45, 7) is 2.08. The van der Waals surface area contributed by atoms with Crippen LogP contribution in [0.25, 0.3) is 0 Å². The van der Waals surface area contributed by atoms with Crippen LogP contribution in [0.1, 0.15) is 11.1 Å². The normalized spacial score (nSPS) is 10.9. The third-order valence-electron chi connectivity index (χ3n) is 4.42. The Hall–Kier alpha value is -3.52. The van der Waals surface area contributed by atoms with E-state index in [9.17, 15) is 13.2 Å². The first kappa shape index (κ1) is 22.2. The van der Waals surface area contributed by atoms with E-state index in [4.69, 9.17) is 9.47 Å². The van der Waals surface area contributed by atoms with Gasteiger partial charge in [-0.1, -0.05) is 24.3 Å². The summed E-state index contributed by atoms with van der Waals surface area (Å²) in [6, 6.07) is 20.4. The van der Waals surface area contributed by atoms with E-state index in [2.05, 4.69) is 10.0 Å². The third kappa shape index (κ3) is 6.48. The van der Waals surface area contributed by atoms with Gasteiger partial charge in [-0.2, -0.15) is 0 Å². The van der Waals surface area contributed by atoms with E-state index in [0.29, 0.717) is 18.0 Å². The van der Waals surface area contributed by atoms with Crippen molar-refractivity contribution in [3.8, 4) is 11.5 Å². The molecule has 0 aliphatic heterocycles. The second-order valence-electron chi connectivity index (χ2n) is 6.86. The number of carbonyl (C=O) groups is 1. The molecule has 0 aliphatic rings. The summed E-state index contributed by atoms with van der Waals surface area (Å²) in [6.07, 6.45) is 0. The van der Waals surface area contributed by atoms with Crippen LogP contribution in [0.4, 0.5) is 5.69 Å². The Balaban J connectivity index is 1.50. The van der Waals surface area contributed by atoms with Gasteiger partial charge in [0.05, 0.1) is 12.0 Å². The molecule has 0 fully saturated rings. The first-order chi connectivity index (χ1) is 14.9. The van der Waals surface area contributed by atoms with Crippen molar-refractivity contribution in [3.63, 3.8) is 0 Å². The number of ether oxygens (including phenoxy) is 2. The molecule has 0 saturated heterocycles. The number of nitrogens with one attached hydrogen (secondary N) is 2. The summed E-state index contributed by atoms with van der Waals surface area (Å²) in [5.74, 6) is 0.862. The summed E-state index contributed by atoms with van der Waals surface area (Å²) < 4.78 is 38.1. The van der Waals surface area contributed by atoms with Crippen LogP contribution in [0.2, 0.25) is 0 Å². The molecule has 1 amide bonds. The smallest absolute Gasteiger partial charge is 0.261 e. The minimum Gasteiger partial charge on any atom is -0.497 e. The number of rotatable bonds is 9. The average molecular weight is 441 g/mol. The number of methoxy groups -OCH3 is 1. The Morgan fingerprint density at radius 3 is 2.26 bits per heavy atom. The number of benzene rings is 3. The second-order valence-corrected chi connectivity index (χ2v) is 8.54. The summed E-state index contributed by atoms with van der Waals surface area (Å²) in [7, 11) is -2.12. The highest BCUT2D eigenvalue weighted by Crippen LogP contribution is 2.20. The second kappa shape index (κ2) is 9.99. The standard InChI is InChI=1S/C23H24N2O5S/c1-17-4-3-5-19(14-17)25-31(27,28)22-12-10-21(11-13-22)30-16-23(26)24-15-18-6-8-20(29-2)9-7-18/h3-14,25H,15-16H2,1-2H3,(H,24,26). The minimum absolute atomic E-state index is 0.102. The molecule has 0 atom stereocenters. The largest absolute Gasteiger partial charge is 0.497 e. The Morgan fingerprint density at radius 1 is 0.935 bits per heavy atom. The number of hydrogen-bond acceptors (Lipinski definition) is 5. The molecule has 3 rings (SSSR count). The van der Waals surface area contributed by atoms with Crippen molar-refractivity contribution < 1.29 is 22.7 Å². The van der Waals surface area contributed by atoms with Crippen LogP contribution in [-0.2, 0) is 21.4 Å². The van der Waals surface area contributed by atoms with E-state index in [1.54, 1.807) is 25.3 Å². The van der Waals surface area contributed by atoms with Gasteiger partial charge in [-0.25, -0.2) is 8.42 Å². The Labute approximate surface area is 182 Å². The Bertz CT molecular complexity index is 1130. The molecule has 2 N–H and O–H groups in total. The molecule has 0 radical (unpaired) electrons. The predicted molar refractivity (Wildman–Crippen MR) is 119 cm³/mol. The summed E-state index contributed by atoms with van der Waals surface area (Å²) in [5.41, 5.74) is 2.38. The van der Waals surface area contributed by atoms with Crippen LogP contribution >= 0.6 is 0 Å². The number of sulfonamides is 1. The van der Waals surface area contributed by atoms with Crippen molar-refractivity contribution in [3.05, 3.63) is 83.9 Å². The van der Waals surface area contributed by atoms with Crippen molar-refractivity contribution in [1.82, 2.24) is 5.32 Å². The predicted octanol–water partition coefficient (Wildman–Crippen LogP) is 3.50. The topological polar surface area (TPSA) is 93.7 Å². The molecule has 162 valence electrons. The van der Waals surface area contributed by atoms with Crippen LogP contribution in [0, 0.1) is 6.92 Å². The first-order valence-corrected chi connectivity index (χ1v) is 11.1. The molecule has 0 bridgehead atoms. The van der Waals surface area contributed by atoms with Gasteiger partial charge in [0.1, 0.15) is 11.5 Å². The lowest BCUT2D eigenvalue weighted by Crippen LogP contribution is -2.28. The molecule has 3 aromatic carbocycles. The van der Waals surface area contributed by atoms with Crippen LogP contribution in [-0.4, -0.2) is 28.0 Å². The van der Waals surface area contributed by atoms with E-state index < -0.39 is 10.0 Å². The lowest BCUT2D eigenvalue weighted by Gasteiger charge is -2.10. The first-order valence-electron chi connectivity index (χ1n) is 9.58. The van der Waals surface area contributed by atoms with Crippen molar-refractivity contribution in [1.29, 1.82) is 0 Å². The highest BCUT2D eigenvalue weighted by molar-refractivity contribution is 7.92. The molecule has 0 saturated carbocycles. The van der Waals surface area contributed by atoms with Gasteiger partial charge in [0, 0.05) is 12.2 Å². The molecular formula is C23H24N2O5S. The fraction of sp³-hybridized carbons (Fsp3) is 0.174. The molecule has 0 aromatic heterocycles. The number of amides is 1. The van der Waals surface area contributed by atoms with Gasteiger partial charge in [0.15, 0.2) is 6.61 Å². The average Bonchev–Trinajstić information content (AvgIpc) is 2.76. The lowest BCUT2D eigenvalue weighted by molar-refractivity contribution is -0.123. The van der Waals surface area contributed by atoms with Crippen molar-refractivity contribution in [2.45, 2.75) is 18.4 Å². The van der Waals surface area contributed by atoms with Gasteiger partial charge in [-0.05, 0) is 66.6 Å². The molecule has 8 heteroatoms. The minimum atomic E-state index is -3.72. The zero-order chi connectivity index (χ0) is 22.3. The Kier molecular flexibility index (Phi) is 7.15. The maximum absolute atomic E-state index is 12.5. The van der Waals surface area contributed by atoms with Crippen LogP contribution in [0.3, 0.4) is 0 Å². The van der Waals surface area contributed by atoms with E-state index in [0.717, 1.165) is 16.9 Å². The molecule has 0 unspecified atom stereocenters. The maximum atomic E-state index is 12.5. The number of carbonyl (C=O) groups excluding carboxylic acids is 1. The van der Waals surface area contributed by atoms with Gasteiger partial charge in [-0.15, -0.1) is 0 Å². The van der Waals surface area contributed by atoms with Gasteiger partial charge in [0.2, 0.25) is 0 Å². The number of hydrogen-bond donors (Lipinski definition) is 2. The van der Waals surface area contributed by atoms with E-state index >= 15 is 0 Å². The molecule has 31 heavy (non-hydrogen) atoms. The quantitative estimate of drug-likeness (QED) is 0.531. The molecule has 0 aliphatic carbocycles. The maximum Gasteiger partial charge on any atom is 0.261 e. The van der Waals surface area contributed by atoms with Crippen LogP contribution in [0.5, 0.6) is 11.5 Å². The zero-order valence-corrected chi connectivity index (χ0v) is 18.1. The van der Waals surface area contributed by atoms with Gasteiger partial charge >= 0.3 is 0 Å². The fourth-order valence-corrected chi connectivity index (χ4v) is 3.83. The van der Waals surface area contributed by atoms with Crippen molar-refractivity contribution in [2.24, 2.45) is 0 Å². The van der Waals surface area contributed by atoms with Crippen molar-refractivity contribution >= 4 is 21.6 Å². The van der Waals surface area contributed by atoms with E-state index in [1.807, 2.05) is 37.3 Å². The van der Waals surface area contributed by atoms with Gasteiger partial charge in [0.25, 0.3) is 15.9 Å².